The van der Waals surface area contributed by atoms with Crippen molar-refractivity contribution < 1.29 is 9.53 Å². The number of aromatic nitrogens is 2. The number of nitrogens with zero attached hydrogens (tertiary/aromatic N) is 2. The predicted octanol–water partition coefficient (Wildman–Crippen LogP) is 3.44. The number of fused-ring (bicyclic) bond motifs is 2. The van der Waals surface area contributed by atoms with Crippen molar-refractivity contribution in [2.45, 2.75) is 45.1 Å². The molecule has 0 N–H and O–H groups in total. The van der Waals surface area contributed by atoms with Crippen LogP contribution in [0, 0.1) is 29.6 Å². The van der Waals surface area contributed by atoms with Crippen molar-refractivity contribution in [3.63, 3.8) is 0 Å². The third-order valence-electron chi connectivity index (χ3n) is 6.40. The maximum absolute atomic E-state index is 12.3. The zero-order valence-electron chi connectivity index (χ0n) is 14.0. The van der Waals surface area contributed by atoms with Gasteiger partial charge >= 0.3 is 5.97 Å². The van der Waals surface area contributed by atoms with E-state index >= 15 is 0 Å². The highest BCUT2D eigenvalue weighted by Gasteiger charge is 2.53. The van der Waals surface area contributed by atoms with Crippen LogP contribution >= 0.6 is 0 Å². The third-order valence-corrected chi connectivity index (χ3v) is 6.40. The lowest BCUT2D eigenvalue weighted by Gasteiger charge is -2.45. The summed E-state index contributed by atoms with van der Waals surface area (Å²) < 4.78 is 7.65. The fourth-order valence-corrected chi connectivity index (χ4v) is 5.32. The van der Waals surface area contributed by atoms with Gasteiger partial charge in [-0.3, -0.25) is 4.79 Å². The maximum Gasteiger partial charge on any atom is 0.309 e. The van der Waals surface area contributed by atoms with E-state index in [2.05, 4.69) is 24.1 Å². The van der Waals surface area contributed by atoms with Crippen LogP contribution in [0.3, 0.4) is 0 Å². The van der Waals surface area contributed by atoms with Crippen molar-refractivity contribution in [3.8, 4) is 0 Å². The molecule has 4 rings (SSSR count). The molecule has 4 heteroatoms. The van der Waals surface area contributed by atoms with Crippen LogP contribution in [0.25, 0.3) is 6.08 Å². The highest BCUT2D eigenvalue weighted by Crippen LogP contribution is 2.53. The van der Waals surface area contributed by atoms with Crippen molar-refractivity contribution in [3.05, 3.63) is 24.3 Å². The SMILES string of the molecule is C[C@@H]1OC(=O)[C@H]2C[C@H]3CCCC[C@@H]3[C@@H](/C=C/c3nccn3C)[C@@H]12. The molecule has 2 aliphatic carbocycles. The van der Waals surface area contributed by atoms with Crippen LogP contribution in [0.15, 0.2) is 18.5 Å². The Morgan fingerprint density at radius 3 is 2.96 bits per heavy atom. The van der Waals surface area contributed by atoms with Crippen LogP contribution in [0.2, 0.25) is 0 Å². The van der Waals surface area contributed by atoms with Crippen molar-refractivity contribution >= 4 is 12.0 Å². The number of hydrogen-bond acceptors (Lipinski definition) is 3. The van der Waals surface area contributed by atoms with E-state index in [4.69, 9.17) is 4.74 Å². The molecule has 0 spiro atoms. The van der Waals surface area contributed by atoms with Crippen molar-refractivity contribution in [2.75, 3.05) is 0 Å². The topological polar surface area (TPSA) is 44.1 Å². The van der Waals surface area contributed by atoms with E-state index in [9.17, 15) is 4.79 Å². The average Bonchev–Trinajstić information content (AvgIpc) is 3.08. The van der Waals surface area contributed by atoms with E-state index < -0.39 is 0 Å². The summed E-state index contributed by atoms with van der Waals surface area (Å²) in [5, 5.41) is 0. The Morgan fingerprint density at radius 1 is 1.35 bits per heavy atom. The molecule has 0 radical (unpaired) electrons. The summed E-state index contributed by atoms with van der Waals surface area (Å²) in [5.74, 6) is 3.33. The largest absolute Gasteiger partial charge is 0.462 e. The minimum absolute atomic E-state index is 0.0434. The van der Waals surface area contributed by atoms with Crippen LogP contribution in [-0.2, 0) is 16.6 Å². The van der Waals surface area contributed by atoms with Gasteiger partial charge in [-0.2, -0.15) is 0 Å². The molecule has 0 aromatic carbocycles. The van der Waals surface area contributed by atoms with Crippen LogP contribution in [0.4, 0.5) is 0 Å². The van der Waals surface area contributed by atoms with Gasteiger partial charge in [0, 0.05) is 25.4 Å². The predicted molar refractivity (Wildman–Crippen MR) is 88.3 cm³/mol. The first-order valence-electron chi connectivity index (χ1n) is 9.01. The Kier molecular flexibility index (Phi) is 3.78. The number of cyclic esters (lactones) is 1. The Balaban J connectivity index is 1.66. The summed E-state index contributed by atoms with van der Waals surface area (Å²) in [7, 11) is 2.02. The van der Waals surface area contributed by atoms with Gasteiger partial charge in [-0.05, 0) is 43.6 Å². The highest BCUT2D eigenvalue weighted by molar-refractivity contribution is 5.75. The van der Waals surface area contributed by atoms with E-state index in [1.165, 1.54) is 25.7 Å². The van der Waals surface area contributed by atoms with Crippen molar-refractivity contribution in [1.82, 2.24) is 9.55 Å². The van der Waals surface area contributed by atoms with Crippen molar-refractivity contribution in [1.29, 1.82) is 0 Å². The molecule has 1 saturated heterocycles. The molecule has 2 heterocycles. The monoisotopic (exact) mass is 314 g/mol. The summed E-state index contributed by atoms with van der Waals surface area (Å²) in [4.78, 5) is 16.7. The van der Waals surface area contributed by atoms with E-state index in [-0.39, 0.29) is 18.0 Å². The van der Waals surface area contributed by atoms with Gasteiger partial charge in [0.05, 0.1) is 5.92 Å². The number of ether oxygens (including phenoxy) is 1. The molecule has 0 unspecified atom stereocenters. The third kappa shape index (κ3) is 2.52. The normalized spacial score (nSPS) is 40.0. The lowest BCUT2D eigenvalue weighted by molar-refractivity contribution is -0.144. The van der Waals surface area contributed by atoms with E-state index in [1.807, 2.05) is 24.0 Å². The molecule has 3 fully saturated rings. The molecule has 4 nitrogen and oxygen atoms in total. The second-order valence-corrected chi connectivity index (χ2v) is 7.60. The molecular formula is C19H26N2O2. The first-order valence-corrected chi connectivity index (χ1v) is 9.01. The summed E-state index contributed by atoms with van der Waals surface area (Å²) in [5.41, 5.74) is 0. The average molecular weight is 314 g/mol. The summed E-state index contributed by atoms with van der Waals surface area (Å²) in [6, 6.07) is 0. The lowest BCUT2D eigenvalue weighted by Crippen LogP contribution is -2.42. The number of rotatable bonds is 2. The van der Waals surface area contributed by atoms with Crippen LogP contribution < -0.4 is 0 Å². The molecule has 3 aliphatic rings. The Hall–Kier alpha value is -1.58. The molecule has 0 bridgehead atoms. The number of allylic oxidation sites excluding steroid dienone is 1. The van der Waals surface area contributed by atoms with Gasteiger partial charge in [-0.1, -0.05) is 25.3 Å². The quantitative estimate of drug-likeness (QED) is 0.786. The molecular weight excluding hydrogens is 288 g/mol. The van der Waals surface area contributed by atoms with Crippen LogP contribution in [0.1, 0.15) is 44.9 Å². The smallest absolute Gasteiger partial charge is 0.309 e. The van der Waals surface area contributed by atoms with E-state index in [0.717, 1.165) is 12.2 Å². The van der Waals surface area contributed by atoms with Crippen LogP contribution in [0.5, 0.6) is 0 Å². The fraction of sp³-hybridized carbons (Fsp3) is 0.684. The second-order valence-electron chi connectivity index (χ2n) is 7.60. The lowest BCUT2D eigenvalue weighted by atomic mass is 9.57. The van der Waals surface area contributed by atoms with Gasteiger partial charge in [0.2, 0.25) is 0 Å². The first kappa shape index (κ1) is 15.0. The minimum Gasteiger partial charge on any atom is -0.462 e. The number of hydrogen-bond donors (Lipinski definition) is 0. The first-order chi connectivity index (χ1) is 11.1. The zero-order chi connectivity index (χ0) is 16.0. The number of carbonyl (C=O) groups excluding carboxylic acids is 1. The highest BCUT2D eigenvalue weighted by atomic mass is 16.6. The molecule has 1 aromatic heterocycles. The number of aryl methyl sites for hydroxylation is 1. The summed E-state index contributed by atoms with van der Waals surface area (Å²) >= 11 is 0. The molecule has 124 valence electrons. The number of carbonyl (C=O) groups is 1. The molecule has 6 atom stereocenters. The van der Waals surface area contributed by atoms with E-state index in [0.29, 0.717) is 23.7 Å². The van der Waals surface area contributed by atoms with Crippen LogP contribution in [-0.4, -0.2) is 21.6 Å². The fourth-order valence-electron chi connectivity index (χ4n) is 5.32. The summed E-state index contributed by atoms with van der Waals surface area (Å²) in [6.45, 7) is 2.08. The van der Waals surface area contributed by atoms with Gasteiger partial charge in [-0.25, -0.2) is 4.98 Å². The van der Waals surface area contributed by atoms with Crippen molar-refractivity contribution in [2.24, 2.45) is 36.6 Å². The Bertz CT molecular complexity index is 621. The van der Waals surface area contributed by atoms with E-state index in [1.54, 1.807) is 0 Å². The standard InChI is InChI=1S/C19H26N2O2/c1-12-18-15(7-8-17-20-9-10-21(17)2)14-6-4-3-5-13(14)11-16(18)19(22)23-12/h7-10,12-16,18H,3-6,11H2,1-2H3/b8-7+/t12-,13+,14-,15+,16-,18+/m0/s1. The number of esters is 1. The molecule has 1 aromatic rings. The van der Waals surface area contributed by atoms with Gasteiger partial charge in [0.15, 0.2) is 0 Å². The van der Waals surface area contributed by atoms with Gasteiger partial charge < -0.3 is 9.30 Å². The Morgan fingerprint density at radius 2 is 2.17 bits per heavy atom. The molecule has 2 saturated carbocycles. The van der Waals surface area contributed by atoms with Gasteiger partial charge in [-0.15, -0.1) is 0 Å². The maximum atomic E-state index is 12.3. The molecule has 1 aliphatic heterocycles. The van der Waals surface area contributed by atoms with Gasteiger partial charge in [0.1, 0.15) is 11.9 Å². The zero-order valence-corrected chi connectivity index (χ0v) is 14.0. The van der Waals surface area contributed by atoms with Gasteiger partial charge in [0.25, 0.3) is 0 Å². The second kappa shape index (κ2) is 5.81. The molecule has 23 heavy (non-hydrogen) atoms. The Labute approximate surface area is 137 Å². The summed E-state index contributed by atoms with van der Waals surface area (Å²) in [6.07, 6.45) is 14.6. The number of imidazole rings is 1. The minimum atomic E-state index is 0.0434. The molecule has 0 amide bonds.